The number of methoxy groups -OCH3 is 1. The van der Waals surface area contributed by atoms with Crippen molar-refractivity contribution in [2.75, 3.05) is 12.4 Å². The number of anilines is 1. The highest BCUT2D eigenvalue weighted by Gasteiger charge is 2.26. The van der Waals surface area contributed by atoms with Crippen LogP contribution in [0.5, 0.6) is 5.75 Å². The molecular weight excluding hydrogens is 420 g/mol. The Kier molecular flexibility index (Phi) is 6.59. The lowest BCUT2D eigenvalue weighted by Gasteiger charge is -2.16. The molecule has 0 spiro atoms. The van der Waals surface area contributed by atoms with Crippen molar-refractivity contribution in [2.24, 2.45) is 0 Å². The molecule has 0 bridgehead atoms. The molecule has 2 aromatic carbocycles. The summed E-state index contributed by atoms with van der Waals surface area (Å²) in [5, 5.41) is 10.9. The molecule has 1 heterocycles. The first-order valence-electron chi connectivity index (χ1n) is 9.92. The van der Waals surface area contributed by atoms with Crippen LogP contribution in [0.1, 0.15) is 48.2 Å². The molecular formula is C22H23ClN4O2S. The Bertz CT molecular complexity index is 1010. The lowest BCUT2D eigenvalue weighted by Crippen LogP contribution is -2.19. The number of carbonyl (C=O) groups excluding carboxylic acids is 1. The van der Waals surface area contributed by atoms with Gasteiger partial charge in [0.05, 0.1) is 12.1 Å². The van der Waals surface area contributed by atoms with Crippen molar-refractivity contribution >= 4 is 35.0 Å². The maximum absolute atomic E-state index is 13.2. The minimum absolute atomic E-state index is 0.167. The number of ether oxygens (including phenoxy) is 1. The maximum Gasteiger partial charge on any atom is 0.242 e. The highest BCUT2D eigenvalue weighted by Crippen LogP contribution is 2.37. The van der Waals surface area contributed by atoms with Crippen molar-refractivity contribution in [3.05, 3.63) is 64.9 Å². The Labute approximate surface area is 184 Å². The Morgan fingerprint density at radius 3 is 2.70 bits per heavy atom. The van der Waals surface area contributed by atoms with Crippen molar-refractivity contribution in [1.29, 1.82) is 0 Å². The summed E-state index contributed by atoms with van der Waals surface area (Å²) in [6.07, 6.45) is 4.74. The van der Waals surface area contributed by atoms with E-state index in [0.29, 0.717) is 27.5 Å². The van der Waals surface area contributed by atoms with E-state index in [2.05, 4.69) is 20.5 Å². The predicted octanol–water partition coefficient (Wildman–Crippen LogP) is 5.60. The number of aromatic amines is 1. The molecule has 1 saturated carbocycles. The summed E-state index contributed by atoms with van der Waals surface area (Å²) in [5.74, 6) is 1.75. The van der Waals surface area contributed by atoms with E-state index < -0.39 is 5.25 Å². The lowest BCUT2D eigenvalue weighted by atomic mass is 10.1. The average Bonchev–Trinajstić information content (AvgIpc) is 3.44. The van der Waals surface area contributed by atoms with Crippen LogP contribution in [0.3, 0.4) is 0 Å². The average molecular weight is 443 g/mol. The molecule has 1 aromatic heterocycles. The molecule has 1 amide bonds. The van der Waals surface area contributed by atoms with E-state index in [1.807, 2.05) is 30.3 Å². The number of hydrogen-bond acceptors (Lipinski definition) is 5. The largest absolute Gasteiger partial charge is 0.495 e. The maximum atomic E-state index is 13.2. The quantitative estimate of drug-likeness (QED) is 0.466. The van der Waals surface area contributed by atoms with Crippen LogP contribution in [0.15, 0.2) is 53.7 Å². The van der Waals surface area contributed by atoms with Crippen molar-refractivity contribution in [1.82, 2.24) is 15.2 Å². The number of carbonyl (C=O) groups is 1. The van der Waals surface area contributed by atoms with Crippen LogP contribution in [0.25, 0.3) is 0 Å². The van der Waals surface area contributed by atoms with Gasteiger partial charge in [0.2, 0.25) is 11.1 Å². The Balaban J connectivity index is 1.54. The highest BCUT2D eigenvalue weighted by atomic mass is 35.5. The number of nitrogens with one attached hydrogen (secondary N) is 2. The Morgan fingerprint density at radius 1 is 1.23 bits per heavy atom. The number of nitrogens with zero attached hydrogens (tertiary/aromatic N) is 2. The van der Waals surface area contributed by atoms with Gasteiger partial charge in [-0.25, -0.2) is 4.98 Å². The van der Waals surface area contributed by atoms with Gasteiger partial charge in [0, 0.05) is 11.6 Å². The third-order valence-electron chi connectivity index (χ3n) is 5.21. The Hall–Kier alpha value is -2.51. The van der Waals surface area contributed by atoms with Gasteiger partial charge in [-0.3, -0.25) is 9.89 Å². The molecule has 1 aliphatic rings. The van der Waals surface area contributed by atoms with Gasteiger partial charge in [-0.15, -0.1) is 5.10 Å². The second-order valence-corrected chi connectivity index (χ2v) is 8.71. The molecule has 156 valence electrons. The normalized spacial score (nSPS) is 15.1. The number of amides is 1. The minimum Gasteiger partial charge on any atom is -0.495 e. The smallest absolute Gasteiger partial charge is 0.242 e. The van der Waals surface area contributed by atoms with Crippen LogP contribution in [0.4, 0.5) is 5.69 Å². The van der Waals surface area contributed by atoms with Gasteiger partial charge in [0.1, 0.15) is 16.8 Å². The van der Waals surface area contributed by atoms with Crippen LogP contribution >= 0.6 is 23.4 Å². The first-order chi connectivity index (χ1) is 14.6. The van der Waals surface area contributed by atoms with E-state index in [0.717, 1.165) is 24.2 Å². The molecule has 0 aliphatic heterocycles. The molecule has 6 nitrogen and oxygen atoms in total. The zero-order valence-corrected chi connectivity index (χ0v) is 18.2. The Morgan fingerprint density at radius 2 is 2.00 bits per heavy atom. The van der Waals surface area contributed by atoms with Crippen LogP contribution in [-0.4, -0.2) is 28.2 Å². The monoisotopic (exact) mass is 442 g/mol. The van der Waals surface area contributed by atoms with Gasteiger partial charge in [0.15, 0.2) is 0 Å². The SMILES string of the molecule is COc1ccc(NC(=O)C(Sc2n[nH]c(C3CCCC3)n2)c2ccccc2)cc1Cl. The number of halogens is 1. The van der Waals surface area contributed by atoms with Crippen LogP contribution in [0.2, 0.25) is 5.02 Å². The second kappa shape index (κ2) is 9.53. The van der Waals surface area contributed by atoms with Gasteiger partial charge >= 0.3 is 0 Å². The van der Waals surface area contributed by atoms with E-state index in [1.54, 1.807) is 25.3 Å². The summed E-state index contributed by atoms with van der Waals surface area (Å²) in [7, 11) is 1.55. The molecule has 2 N–H and O–H groups in total. The zero-order valence-electron chi connectivity index (χ0n) is 16.6. The number of aromatic nitrogens is 3. The molecule has 1 unspecified atom stereocenters. The minimum atomic E-state index is -0.501. The van der Waals surface area contributed by atoms with Crippen LogP contribution in [-0.2, 0) is 4.79 Å². The third-order valence-corrected chi connectivity index (χ3v) is 6.62. The summed E-state index contributed by atoms with van der Waals surface area (Å²) in [6, 6.07) is 14.8. The van der Waals surface area contributed by atoms with E-state index in [1.165, 1.54) is 24.6 Å². The van der Waals surface area contributed by atoms with Crippen molar-refractivity contribution in [3.63, 3.8) is 0 Å². The molecule has 30 heavy (non-hydrogen) atoms. The molecule has 3 aromatic rings. The van der Waals surface area contributed by atoms with E-state index >= 15 is 0 Å². The van der Waals surface area contributed by atoms with E-state index in [9.17, 15) is 4.79 Å². The van der Waals surface area contributed by atoms with Crippen LogP contribution in [0, 0.1) is 0 Å². The van der Waals surface area contributed by atoms with Gasteiger partial charge in [-0.05, 0) is 36.6 Å². The molecule has 1 aliphatic carbocycles. The first-order valence-corrected chi connectivity index (χ1v) is 11.2. The standard InChI is InChI=1S/C22H23ClN4O2S/c1-29-18-12-11-16(13-17(18)23)24-21(28)19(14-7-3-2-4-8-14)30-22-25-20(26-27-22)15-9-5-6-10-15/h2-4,7-8,11-13,15,19H,5-6,9-10H2,1H3,(H,24,28)(H,25,26,27). The van der Waals surface area contributed by atoms with Gasteiger partial charge < -0.3 is 10.1 Å². The number of hydrogen-bond donors (Lipinski definition) is 2. The predicted molar refractivity (Wildman–Crippen MR) is 119 cm³/mol. The molecule has 0 saturated heterocycles. The van der Waals surface area contributed by atoms with Crippen molar-refractivity contribution < 1.29 is 9.53 Å². The molecule has 0 radical (unpaired) electrons. The van der Waals surface area contributed by atoms with E-state index in [4.69, 9.17) is 16.3 Å². The number of rotatable bonds is 7. The molecule has 8 heteroatoms. The summed E-state index contributed by atoms with van der Waals surface area (Å²) in [5.41, 5.74) is 1.49. The van der Waals surface area contributed by atoms with Gasteiger partial charge in [-0.1, -0.05) is 66.5 Å². The molecule has 1 atom stereocenters. The highest BCUT2D eigenvalue weighted by molar-refractivity contribution is 8.00. The topological polar surface area (TPSA) is 79.9 Å². The summed E-state index contributed by atoms with van der Waals surface area (Å²) < 4.78 is 5.18. The molecule has 1 fully saturated rings. The summed E-state index contributed by atoms with van der Waals surface area (Å²) >= 11 is 7.54. The van der Waals surface area contributed by atoms with Crippen molar-refractivity contribution in [3.8, 4) is 5.75 Å². The summed E-state index contributed by atoms with van der Waals surface area (Å²) in [6.45, 7) is 0. The number of H-pyrrole nitrogens is 1. The summed E-state index contributed by atoms with van der Waals surface area (Å²) in [4.78, 5) is 17.8. The third kappa shape index (κ3) is 4.79. The number of thioether (sulfide) groups is 1. The lowest BCUT2D eigenvalue weighted by molar-refractivity contribution is -0.115. The first kappa shape index (κ1) is 20.8. The number of benzene rings is 2. The van der Waals surface area contributed by atoms with Crippen LogP contribution < -0.4 is 10.1 Å². The fourth-order valence-electron chi connectivity index (χ4n) is 3.65. The van der Waals surface area contributed by atoms with E-state index in [-0.39, 0.29) is 5.91 Å². The fourth-order valence-corrected chi connectivity index (χ4v) is 4.83. The van der Waals surface area contributed by atoms with Gasteiger partial charge in [0.25, 0.3) is 0 Å². The fraction of sp³-hybridized carbons (Fsp3) is 0.318. The molecule has 4 rings (SSSR count). The second-order valence-electron chi connectivity index (χ2n) is 7.23. The van der Waals surface area contributed by atoms with Gasteiger partial charge in [-0.2, -0.15) is 0 Å². The zero-order chi connectivity index (χ0) is 20.9. The van der Waals surface area contributed by atoms with Crippen molar-refractivity contribution in [2.45, 2.75) is 42.0 Å².